The predicted octanol–water partition coefficient (Wildman–Crippen LogP) is -0.366. The molecule has 0 saturated heterocycles. The third-order valence-electron chi connectivity index (χ3n) is 1.39. The molecule has 0 aromatic heterocycles. The van der Waals surface area contributed by atoms with Crippen molar-refractivity contribution in [3.63, 3.8) is 0 Å². The quantitative estimate of drug-likeness (QED) is 0.519. The molecule has 0 rings (SSSR count). The highest BCUT2D eigenvalue weighted by Crippen LogP contribution is 2.07. The monoisotopic (exact) mass is 178 g/mol. The summed E-state index contributed by atoms with van der Waals surface area (Å²) in [5.74, 6) is 2.26. The SMILES string of the molecule is CC(CN)CSCC(O)CN. The van der Waals surface area contributed by atoms with Crippen molar-refractivity contribution < 1.29 is 5.11 Å². The molecule has 0 radical (unpaired) electrons. The van der Waals surface area contributed by atoms with Crippen molar-refractivity contribution in [2.75, 3.05) is 24.6 Å². The first-order valence-electron chi connectivity index (χ1n) is 3.86. The van der Waals surface area contributed by atoms with Gasteiger partial charge in [0.15, 0.2) is 0 Å². The molecule has 5 N–H and O–H groups in total. The Balaban J connectivity index is 3.13. The van der Waals surface area contributed by atoms with E-state index in [1.165, 1.54) is 0 Å². The summed E-state index contributed by atoms with van der Waals surface area (Å²) in [6.45, 7) is 3.16. The van der Waals surface area contributed by atoms with Crippen molar-refractivity contribution in [1.29, 1.82) is 0 Å². The average Bonchev–Trinajstić information content (AvgIpc) is 2.04. The van der Waals surface area contributed by atoms with Gasteiger partial charge in [-0.15, -0.1) is 0 Å². The average molecular weight is 178 g/mol. The molecule has 2 unspecified atom stereocenters. The molecule has 0 aliphatic rings. The summed E-state index contributed by atoms with van der Waals surface area (Å²) in [4.78, 5) is 0. The Bertz CT molecular complexity index is 82.5. The van der Waals surface area contributed by atoms with Gasteiger partial charge in [0.25, 0.3) is 0 Å². The number of thioether (sulfide) groups is 1. The van der Waals surface area contributed by atoms with Crippen LogP contribution in [0.25, 0.3) is 0 Å². The second-order valence-electron chi connectivity index (χ2n) is 2.77. The second kappa shape index (κ2) is 6.91. The fourth-order valence-electron chi connectivity index (χ4n) is 0.541. The number of rotatable bonds is 6. The van der Waals surface area contributed by atoms with Crippen molar-refractivity contribution in [1.82, 2.24) is 0 Å². The Labute approximate surface area is 72.5 Å². The standard InChI is InChI=1S/C7H18N2OS/c1-6(2-8)4-11-5-7(10)3-9/h6-7,10H,2-5,8-9H2,1H3. The maximum atomic E-state index is 9.07. The maximum Gasteiger partial charge on any atom is 0.0752 e. The van der Waals surface area contributed by atoms with Crippen LogP contribution >= 0.6 is 11.8 Å². The van der Waals surface area contributed by atoms with Crippen LogP contribution in [0.4, 0.5) is 0 Å². The van der Waals surface area contributed by atoms with Crippen LogP contribution in [0.5, 0.6) is 0 Å². The predicted molar refractivity (Wildman–Crippen MR) is 50.6 cm³/mol. The van der Waals surface area contributed by atoms with E-state index >= 15 is 0 Å². The largest absolute Gasteiger partial charge is 0.391 e. The molecule has 0 saturated carbocycles. The Morgan fingerprint density at radius 1 is 1.27 bits per heavy atom. The number of aliphatic hydroxyl groups excluding tert-OH is 1. The fourth-order valence-corrected chi connectivity index (χ4v) is 1.62. The highest BCUT2D eigenvalue weighted by molar-refractivity contribution is 7.99. The minimum absolute atomic E-state index is 0.351. The molecule has 0 aromatic carbocycles. The van der Waals surface area contributed by atoms with E-state index in [4.69, 9.17) is 16.6 Å². The van der Waals surface area contributed by atoms with Gasteiger partial charge in [0.2, 0.25) is 0 Å². The lowest BCUT2D eigenvalue weighted by molar-refractivity contribution is 0.208. The van der Waals surface area contributed by atoms with E-state index in [9.17, 15) is 0 Å². The van der Waals surface area contributed by atoms with E-state index in [0.29, 0.717) is 19.0 Å². The van der Waals surface area contributed by atoms with Crippen LogP contribution < -0.4 is 11.5 Å². The molecule has 0 amide bonds. The van der Waals surface area contributed by atoms with Gasteiger partial charge >= 0.3 is 0 Å². The molecule has 0 aromatic rings. The lowest BCUT2D eigenvalue weighted by Crippen LogP contribution is -2.23. The maximum absolute atomic E-state index is 9.07. The van der Waals surface area contributed by atoms with Crippen molar-refractivity contribution in [3.05, 3.63) is 0 Å². The van der Waals surface area contributed by atoms with Crippen LogP contribution in [0.1, 0.15) is 6.92 Å². The summed E-state index contributed by atoms with van der Waals surface area (Å²) in [5, 5.41) is 9.07. The highest BCUT2D eigenvalue weighted by Gasteiger charge is 2.03. The van der Waals surface area contributed by atoms with Crippen molar-refractivity contribution in [2.45, 2.75) is 13.0 Å². The lowest BCUT2D eigenvalue weighted by Gasteiger charge is -2.09. The van der Waals surface area contributed by atoms with E-state index in [-0.39, 0.29) is 6.10 Å². The number of hydrogen-bond acceptors (Lipinski definition) is 4. The highest BCUT2D eigenvalue weighted by atomic mass is 32.2. The molecule has 0 aliphatic carbocycles. The van der Waals surface area contributed by atoms with Gasteiger partial charge in [0, 0.05) is 12.3 Å². The first-order chi connectivity index (χ1) is 5.20. The van der Waals surface area contributed by atoms with Gasteiger partial charge in [-0.25, -0.2) is 0 Å². The Hall–Kier alpha value is 0.230. The van der Waals surface area contributed by atoms with E-state index in [2.05, 4.69) is 6.92 Å². The molecular formula is C7H18N2OS. The van der Waals surface area contributed by atoms with Crippen LogP contribution in [-0.4, -0.2) is 35.8 Å². The summed E-state index contributed by atoms with van der Waals surface area (Å²) in [7, 11) is 0. The van der Waals surface area contributed by atoms with E-state index in [1.807, 2.05) is 0 Å². The zero-order valence-electron chi connectivity index (χ0n) is 6.99. The van der Waals surface area contributed by atoms with Crippen molar-refractivity contribution >= 4 is 11.8 Å². The molecule has 0 spiro atoms. The third-order valence-corrected chi connectivity index (χ3v) is 2.81. The Morgan fingerprint density at radius 3 is 2.36 bits per heavy atom. The van der Waals surface area contributed by atoms with Gasteiger partial charge < -0.3 is 16.6 Å². The molecule has 4 heteroatoms. The number of hydrogen-bond donors (Lipinski definition) is 3. The van der Waals surface area contributed by atoms with Crippen LogP contribution in [0.3, 0.4) is 0 Å². The second-order valence-corrected chi connectivity index (χ2v) is 3.84. The van der Waals surface area contributed by atoms with Crippen molar-refractivity contribution in [3.8, 4) is 0 Å². The zero-order chi connectivity index (χ0) is 8.69. The molecule has 68 valence electrons. The van der Waals surface area contributed by atoms with Gasteiger partial charge in [0.1, 0.15) is 0 Å². The Kier molecular flexibility index (Phi) is 7.06. The molecule has 0 heterocycles. The van der Waals surface area contributed by atoms with Gasteiger partial charge in [-0.05, 0) is 18.2 Å². The number of aliphatic hydroxyl groups is 1. The zero-order valence-corrected chi connectivity index (χ0v) is 7.81. The summed E-state index contributed by atoms with van der Waals surface area (Å²) in [5.41, 5.74) is 10.7. The Morgan fingerprint density at radius 2 is 1.91 bits per heavy atom. The minimum atomic E-state index is -0.357. The summed E-state index contributed by atoms with van der Waals surface area (Å²) in [6, 6.07) is 0. The molecule has 0 aliphatic heterocycles. The van der Waals surface area contributed by atoms with E-state index < -0.39 is 0 Å². The lowest BCUT2D eigenvalue weighted by atomic mass is 10.2. The molecule has 11 heavy (non-hydrogen) atoms. The van der Waals surface area contributed by atoms with Gasteiger partial charge in [0.05, 0.1) is 6.10 Å². The normalized spacial score (nSPS) is 16.4. The third kappa shape index (κ3) is 6.62. The molecule has 3 nitrogen and oxygen atoms in total. The van der Waals surface area contributed by atoms with Gasteiger partial charge in [-0.2, -0.15) is 11.8 Å². The summed E-state index contributed by atoms with van der Waals surface area (Å²) in [6.07, 6.45) is -0.357. The first kappa shape index (κ1) is 11.2. The molecule has 0 fully saturated rings. The van der Waals surface area contributed by atoms with E-state index in [0.717, 1.165) is 11.5 Å². The van der Waals surface area contributed by atoms with Crippen LogP contribution in [0.2, 0.25) is 0 Å². The molecule has 2 atom stereocenters. The van der Waals surface area contributed by atoms with Crippen molar-refractivity contribution in [2.24, 2.45) is 17.4 Å². The van der Waals surface area contributed by atoms with Crippen LogP contribution in [0.15, 0.2) is 0 Å². The fraction of sp³-hybridized carbons (Fsp3) is 1.00. The van der Waals surface area contributed by atoms with Gasteiger partial charge in [-0.1, -0.05) is 6.92 Å². The van der Waals surface area contributed by atoms with Crippen LogP contribution in [0, 0.1) is 5.92 Å². The minimum Gasteiger partial charge on any atom is -0.391 e. The van der Waals surface area contributed by atoms with Gasteiger partial charge in [-0.3, -0.25) is 0 Å². The van der Waals surface area contributed by atoms with E-state index in [1.54, 1.807) is 11.8 Å². The van der Waals surface area contributed by atoms with Crippen LogP contribution in [-0.2, 0) is 0 Å². The smallest absolute Gasteiger partial charge is 0.0752 e. The summed E-state index contributed by atoms with van der Waals surface area (Å²) < 4.78 is 0. The summed E-state index contributed by atoms with van der Waals surface area (Å²) >= 11 is 1.71. The number of nitrogens with two attached hydrogens (primary N) is 2. The molecular weight excluding hydrogens is 160 g/mol. The first-order valence-corrected chi connectivity index (χ1v) is 5.02. The molecule has 0 bridgehead atoms. The topological polar surface area (TPSA) is 72.3 Å².